The lowest BCUT2D eigenvalue weighted by Crippen LogP contribution is -2.25. The lowest BCUT2D eigenvalue weighted by molar-refractivity contribution is 0.317. The molecular weight excluding hydrogens is 234 g/mol. The number of hydrogen-bond acceptors (Lipinski definition) is 2. The number of imidazole rings is 1. The van der Waals surface area contributed by atoms with Gasteiger partial charge in [-0.1, -0.05) is 29.8 Å². The van der Waals surface area contributed by atoms with Crippen LogP contribution in [0.5, 0.6) is 0 Å². The molecule has 0 aliphatic carbocycles. The molecule has 1 atom stereocenters. The van der Waals surface area contributed by atoms with E-state index in [1.807, 2.05) is 6.20 Å². The van der Waals surface area contributed by atoms with Gasteiger partial charge in [0.2, 0.25) is 0 Å². The van der Waals surface area contributed by atoms with Crippen molar-refractivity contribution in [3.05, 3.63) is 41.9 Å². The number of fused-ring (bicyclic) bond motifs is 1. The highest BCUT2D eigenvalue weighted by atomic mass is 15.1. The standard InChI is InChI=1S/C16H19N3/c1-12-2-4-13(5-3-12)14-9-18-15-8-16(11-19(14)15)6-7-17-10-16/h2-5,9,17H,6-8,10-11H2,1H3/t16-/m0/s1. The number of nitrogens with zero attached hydrogens (tertiary/aromatic N) is 2. The maximum absolute atomic E-state index is 4.65. The molecule has 3 nitrogen and oxygen atoms in total. The Morgan fingerprint density at radius 2 is 2.11 bits per heavy atom. The molecule has 1 aromatic heterocycles. The zero-order valence-electron chi connectivity index (χ0n) is 11.3. The number of rotatable bonds is 1. The van der Waals surface area contributed by atoms with Gasteiger partial charge in [0.05, 0.1) is 11.9 Å². The van der Waals surface area contributed by atoms with Gasteiger partial charge in [0.15, 0.2) is 0 Å². The summed E-state index contributed by atoms with van der Waals surface area (Å²) in [4.78, 5) is 4.65. The third kappa shape index (κ3) is 1.72. The van der Waals surface area contributed by atoms with Crippen molar-refractivity contribution in [3.8, 4) is 11.3 Å². The van der Waals surface area contributed by atoms with E-state index in [2.05, 4.69) is 46.1 Å². The van der Waals surface area contributed by atoms with E-state index in [9.17, 15) is 0 Å². The topological polar surface area (TPSA) is 29.9 Å². The van der Waals surface area contributed by atoms with Crippen LogP contribution >= 0.6 is 0 Å². The van der Waals surface area contributed by atoms with Crippen LogP contribution in [0.1, 0.15) is 17.8 Å². The smallest absolute Gasteiger partial charge is 0.109 e. The second-order valence-electron chi connectivity index (χ2n) is 6.12. The van der Waals surface area contributed by atoms with Gasteiger partial charge in [-0.05, 0) is 25.5 Å². The summed E-state index contributed by atoms with van der Waals surface area (Å²) in [5.74, 6) is 1.26. The van der Waals surface area contributed by atoms with Gasteiger partial charge in [-0.2, -0.15) is 0 Å². The third-order valence-corrected chi connectivity index (χ3v) is 4.64. The van der Waals surface area contributed by atoms with Crippen LogP contribution < -0.4 is 5.32 Å². The first-order chi connectivity index (χ1) is 9.26. The average molecular weight is 253 g/mol. The summed E-state index contributed by atoms with van der Waals surface area (Å²) in [5, 5.41) is 3.51. The Bertz CT molecular complexity index is 603. The van der Waals surface area contributed by atoms with Crippen LogP contribution in [0.15, 0.2) is 30.5 Å². The van der Waals surface area contributed by atoms with Gasteiger partial charge in [0.25, 0.3) is 0 Å². The number of hydrogen-bond donors (Lipinski definition) is 1. The first-order valence-electron chi connectivity index (χ1n) is 7.08. The highest BCUT2D eigenvalue weighted by Crippen LogP contribution is 2.39. The Morgan fingerprint density at radius 1 is 1.26 bits per heavy atom. The third-order valence-electron chi connectivity index (χ3n) is 4.64. The molecule has 1 saturated heterocycles. The SMILES string of the molecule is Cc1ccc(-c2cnc3n2C[C@@]2(CCNC2)C3)cc1. The summed E-state index contributed by atoms with van der Waals surface area (Å²) in [5.41, 5.74) is 4.30. The van der Waals surface area contributed by atoms with E-state index in [1.54, 1.807) is 0 Å². The van der Waals surface area contributed by atoms with E-state index < -0.39 is 0 Å². The van der Waals surface area contributed by atoms with E-state index in [1.165, 1.54) is 29.1 Å². The molecule has 1 N–H and O–H groups in total. The lowest BCUT2D eigenvalue weighted by Gasteiger charge is -2.20. The molecule has 1 spiro atoms. The van der Waals surface area contributed by atoms with Gasteiger partial charge >= 0.3 is 0 Å². The molecule has 3 heterocycles. The number of benzene rings is 1. The molecular formula is C16H19N3. The molecule has 2 aromatic rings. The van der Waals surface area contributed by atoms with E-state index in [4.69, 9.17) is 0 Å². The molecule has 4 rings (SSSR count). The molecule has 3 heteroatoms. The second-order valence-corrected chi connectivity index (χ2v) is 6.12. The van der Waals surface area contributed by atoms with Crippen molar-refractivity contribution < 1.29 is 0 Å². The van der Waals surface area contributed by atoms with Crippen LogP contribution in [0.3, 0.4) is 0 Å². The molecule has 19 heavy (non-hydrogen) atoms. The summed E-state index contributed by atoms with van der Waals surface area (Å²) < 4.78 is 2.43. The molecule has 0 radical (unpaired) electrons. The monoisotopic (exact) mass is 253 g/mol. The molecule has 1 aromatic carbocycles. The molecule has 1 fully saturated rings. The van der Waals surface area contributed by atoms with Crippen LogP contribution in [0.25, 0.3) is 11.3 Å². The zero-order chi connectivity index (χ0) is 12.9. The minimum Gasteiger partial charge on any atom is -0.327 e. The van der Waals surface area contributed by atoms with Crippen molar-refractivity contribution >= 4 is 0 Å². The van der Waals surface area contributed by atoms with Crippen molar-refractivity contribution in [2.75, 3.05) is 13.1 Å². The zero-order valence-corrected chi connectivity index (χ0v) is 11.3. The van der Waals surface area contributed by atoms with E-state index >= 15 is 0 Å². The molecule has 0 unspecified atom stereocenters. The predicted molar refractivity (Wildman–Crippen MR) is 76.0 cm³/mol. The van der Waals surface area contributed by atoms with E-state index in [0.717, 1.165) is 26.1 Å². The quantitative estimate of drug-likeness (QED) is 0.845. The molecule has 2 aliphatic heterocycles. The highest BCUT2D eigenvalue weighted by Gasteiger charge is 2.41. The Balaban J connectivity index is 1.72. The Labute approximate surface area is 113 Å². The van der Waals surface area contributed by atoms with Crippen molar-refractivity contribution in [2.45, 2.75) is 26.3 Å². The second kappa shape index (κ2) is 3.94. The van der Waals surface area contributed by atoms with Gasteiger partial charge in [0.1, 0.15) is 5.82 Å². The summed E-state index contributed by atoms with van der Waals surface area (Å²) >= 11 is 0. The predicted octanol–water partition coefficient (Wildman–Crippen LogP) is 2.39. The Morgan fingerprint density at radius 3 is 2.84 bits per heavy atom. The van der Waals surface area contributed by atoms with Crippen molar-refractivity contribution in [2.24, 2.45) is 5.41 Å². The van der Waals surface area contributed by atoms with Crippen LogP contribution in [-0.2, 0) is 13.0 Å². The summed E-state index contributed by atoms with van der Waals surface area (Å²) in [6, 6.07) is 8.77. The number of nitrogens with one attached hydrogen (secondary N) is 1. The summed E-state index contributed by atoms with van der Waals surface area (Å²) in [6.07, 6.45) is 4.45. The first-order valence-corrected chi connectivity index (χ1v) is 7.08. The van der Waals surface area contributed by atoms with Gasteiger partial charge in [0, 0.05) is 24.9 Å². The van der Waals surface area contributed by atoms with Crippen molar-refractivity contribution in [1.82, 2.24) is 14.9 Å². The Hall–Kier alpha value is -1.61. The van der Waals surface area contributed by atoms with Gasteiger partial charge in [-0.15, -0.1) is 0 Å². The Kier molecular flexibility index (Phi) is 2.33. The first kappa shape index (κ1) is 11.2. The molecule has 0 saturated carbocycles. The number of aryl methyl sites for hydroxylation is 1. The highest BCUT2D eigenvalue weighted by molar-refractivity contribution is 5.60. The van der Waals surface area contributed by atoms with Crippen LogP contribution in [0.4, 0.5) is 0 Å². The molecule has 2 aliphatic rings. The minimum atomic E-state index is 0.434. The maximum atomic E-state index is 4.65. The fourth-order valence-corrected chi connectivity index (χ4v) is 3.49. The van der Waals surface area contributed by atoms with Crippen LogP contribution in [0, 0.1) is 12.3 Å². The minimum absolute atomic E-state index is 0.434. The molecule has 0 amide bonds. The fraction of sp³-hybridized carbons (Fsp3) is 0.438. The normalized spacial score (nSPS) is 25.1. The van der Waals surface area contributed by atoms with Gasteiger partial charge in [-0.3, -0.25) is 0 Å². The summed E-state index contributed by atoms with van der Waals surface area (Å²) in [6.45, 7) is 5.55. The van der Waals surface area contributed by atoms with Crippen molar-refractivity contribution in [1.29, 1.82) is 0 Å². The fourth-order valence-electron chi connectivity index (χ4n) is 3.49. The average Bonchev–Trinajstić information content (AvgIpc) is 3.08. The van der Waals surface area contributed by atoms with Gasteiger partial charge < -0.3 is 9.88 Å². The van der Waals surface area contributed by atoms with E-state index in [0.29, 0.717) is 5.41 Å². The summed E-state index contributed by atoms with van der Waals surface area (Å²) in [7, 11) is 0. The van der Waals surface area contributed by atoms with Crippen molar-refractivity contribution in [3.63, 3.8) is 0 Å². The molecule has 98 valence electrons. The van der Waals surface area contributed by atoms with Gasteiger partial charge in [-0.25, -0.2) is 4.98 Å². The largest absolute Gasteiger partial charge is 0.327 e. The lowest BCUT2D eigenvalue weighted by atomic mass is 9.86. The van der Waals surface area contributed by atoms with Crippen LogP contribution in [0.2, 0.25) is 0 Å². The van der Waals surface area contributed by atoms with Crippen LogP contribution in [-0.4, -0.2) is 22.6 Å². The number of aromatic nitrogens is 2. The maximum Gasteiger partial charge on any atom is 0.109 e. The molecule has 0 bridgehead atoms. The van der Waals surface area contributed by atoms with E-state index in [-0.39, 0.29) is 0 Å².